The molecule has 0 spiro atoms. The highest BCUT2D eigenvalue weighted by Crippen LogP contribution is 2.56. The average Bonchev–Trinajstić information content (AvgIpc) is 3.76. The van der Waals surface area contributed by atoms with E-state index in [9.17, 15) is 9.59 Å². The number of benzene rings is 3. The topological polar surface area (TPSA) is 139 Å². The predicted octanol–water partition coefficient (Wildman–Crippen LogP) is 4.20. The van der Waals surface area contributed by atoms with E-state index >= 15 is 9.59 Å². The van der Waals surface area contributed by atoms with E-state index in [-0.39, 0.29) is 53.7 Å². The fraction of sp³-hybridized carbons (Fsp3) is 0.389. The maximum Gasteiger partial charge on any atom is 0.355 e. The highest BCUT2D eigenvalue weighted by atomic mass is 16.7. The monoisotopic (exact) mass is 658 g/mol. The second-order valence-electron chi connectivity index (χ2n) is 12.2. The molecule has 3 aliphatic rings. The second kappa shape index (κ2) is 13.1. The van der Waals surface area contributed by atoms with Crippen LogP contribution in [0.3, 0.4) is 0 Å². The summed E-state index contributed by atoms with van der Waals surface area (Å²) in [6.07, 6.45) is 0.436. The number of methoxy groups -OCH3 is 3. The number of ether oxygens (including phenoxy) is 6. The van der Waals surface area contributed by atoms with Crippen molar-refractivity contribution in [2.24, 2.45) is 11.8 Å². The van der Waals surface area contributed by atoms with Gasteiger partial charge < -0.3 is 38.6 Å². The van der Waals surface area contributed by atoms with Gasteiger partial charge >= 0.3 is 5.97 Å². The standard InChI is InChI=1S/C36H38N2O10/c1-20(2)33(40)37-26-12-9-17-38(26)34(41)28-29(21-10-7-6-8-11-21)36(35(42)45-5,22-13-15-23(43-3)16-14-22)48-24-18-25-31(47-19-46-25)32(44-4)27(24)30(28)39/h6-8,10-11,13-16,18,20,26,28-29H,9,12,17,19H2,1-5H3,(H,37,40)/t26-,28-,29-,36+/m1/s1. The van der Waals surface area contributed by atoms with Crippen LogP contribution in [0.5, 0.6) is 28.7 Å². The van der Waals surface area contributed by atoms with Crippen LogP contribution in [0.2, 0.25) is 0 Å². The predicted molar refractivity (Wildman–Crippen MR) is 171 cm³/mol. The maximum atomic E-state index is 15.2. The summed E-state index contributed by atoms with van der Waals surface area (Å²) in [5.41, 5.74) is -1.40. The third-order valence-corrected chi connectivity index (χ3v) is 9.16. The molecule has 0 aromatic heterocycles. The highest BCUT2D eigenvalue weighted by molar-refractivity contribution is 6.15. The van der Waals surface area contributed by atoms with E-state index in [0.29, 0.717) is 29.7 Å². The zero-order valence-corrected chi connectivity index (χ0v) is 27.4. The van der Waals surface area contributed by atoms with Crippen LogP contribution in [0.1, 0.15) is 54.1 Å². The Hall–Kier alpha value is -5.26. The first kappa shape index (κ1) is 32.7. The minimum absolute atomic E-state index is 0.0103. The van der Waals surface area contributed by atoms with Gasteiger partial charge in [0, 0.05) is 24.1 Å². The molecule has 4 atom stereocenters. The number of carbonyl (C=O) groups excluding carboxylic acids is 4. The molecule has 252 valence electrons. The van der Waals surface area contributed by atoms with Gasteiger partial charge in [0.15, 0.2) is 17.3 Å². The molecule has 3 heterocycles. The van der Waals surface area contributed by atoms with Crippen molar-refractivity contribution >= 4 is 23.6 Å². The summed E-state index contributed by atoms with van der Waals surface area (Å²) in [7, 11) is 4.11. The third-order valence-electron chi connectivity index (χ3n) is 9.16. The van der Waals surface area contributed by atoms with Gasteiger partial charge in [-0.1, -0.05) is 56.3 Å². The van der Waals surface area contributed by atoms with Crippen LogP contribution in [0, 0.1) is 11.8 Å². The van der Waals surface area contributed by atoms with E-state index in [0.717, 1.165) is 0 Å². The van der Waals surface area contributed by atoms with Crippen LogP contribution in [0.15, 0.2) is 60.7 Å². The van der Waals surface area contributed by atoms with Crippen molar-refractivity contribution in [3.8, 4) is 28.7 Å². The number of nitrogens with one attached hydrogen (secondary N) is 1. The number of esters is 1. The summed E-state index contributed by atoms with van der Waals surface area (Å²) in [4.78, 5) is 59.2. The summed E-state index contributed by atoms with van der Waals surface area (Å²) < 4.78 is 34.8. The van der Waals surface area contributed by atoms with Crippen molar-refractivity contribution in [1.29, 1.82) is 0 Å². The largest absolute Gasteiger partial charge is 0.497 e. The Kier molecular flexibility index (Phi) is 8.91. The summed E-state index contributed by atoms with van der Waals surface area (Å²) in [5.74, 6) is -4.57. The molecule has 2 amide bonds. The minimum Gasteiger partial charge on any atom is -0.497 e. The fourth-order valence-corrected chi connectivity index (χ4v) is 6.82. The average molecular weight is 659 g/mol. The van der Waals surface area contributed by atoms with Crippen molar-refractivity contribution < 1.29 is 47.6 Å². The van der Waals surface area contributed by atoms with E-state index in [1.807, 2.05) is 0 Å². The number of likely N-dealkylation sites (tertiary alicyclic amines) is 1. The van der Waals surface area contributed by atoms with E-state index in [2.05, 4.69) is 5.32 Å². The molecule has 48 heavy (non-hydrogen) atoms. The number of hydrogen-bond acceptors (Lipinski definition) is 10. The lowest BCUT2D eigenvalue weighted by atomic mass is 9.68. The van der Waals surface area contributed by atoms with E-state index in [4.69, 9.17) is 28.4 Å². The molecule has 0 aliphatic carbocycles. The van der Waals surface area contributed by atoms with Crippen LogP contribution in [0.25, 0.3) is 0 Å². The van der Waals surface area contributed by atoms with E-state index in [1.165, 1.54) is 32.3 Å². The molecule has 12 heteroatoms. The number of ketones is 1. The van der Waals surface area contributed by atoms with Gasteiger partial charge in [-0.3, -0.25) is 14.4 Å². The van der Waals surface area contributed by atoms with Crippen LogP contribution in [-0.4, -0.2) is 69.3 Å². The van der Waals surface area contributed by atoms with Gasteiger partial charge in [0.2, 0.25) is 30.0 Å². The van der Waals surface area contributed by atoms with E-state index in [1.54, 1.807) is 68.4 Å². The molecule has 1 fully saturated rings. The van der Waals surface area contributed by atoms with Gasteiger partial charge in [-0.25, -0.2) is 4.79 Å². The number of nitrogens with zero attached hydrogens (tertiary/aromatic N) is 1. The third kappa shape index (κ3) is 5.34. The zero-order valence-electron chi connectivity index (χ0n) is 27.4. The molecule has 12 nitrogen and oxygen atoms in total. The molecule has 1 N–H and O–H groups in total. The Balaban J connectivity index is 1.66. The van der Waals surface area contributed by atoms with Gasteiger partial charge in [0.1, 0.15) is 29.1 Å². The van der Waals surface area contributed by atoms with Crippen molar-refractivity contribution in [1.82, 2.24) is 10.2 Å². The summed E-state index contributed by atoms with van der Waals surface area (Å²) in [5, 5.41) is 2.97. The summed E-state index contributed by atoms with van der Waals surface area (Å²) in [6, 6.07) is 16.9. The molecule has 3 aromatic carbocycles. The smallest absolute Gasteiger partial charge is 0.355 e. The first-order valence-electron chi connectivity index (χ1n) is 15.8. The number of hydrogen-bond donors (Lipinski definition) is 1. The first-order chi connectivity index (χ1) is 23.2. The molecule has 3 aromatic rings. The molecular weight excluding hydrogens is 620 g/mol. The number of carbonyl (C=O) groups is 4. The Bertz CT molecular complexity index is 1720. The molecule has 1 saturated heterocycles. The number of Topliss-reactive ketones (excluding diaryl/α,β-unsaturated/α-hetero) is 1. The zero-order chi connectivity index (χ0) is 34.2. The molecule has 6 rings (SSSR count). The maximum absolute atomic E-state index is 15.2. The highest BCUT2D eigenvalue weighted by Gasteiger charge is 2.62. The molecule has 0 saturated carbocycles. The summed E-state index contributed by atoms with van der Waals surface area (Å²) in [6.45, 7) is 3.68. The van der Waals surface area contributed by atoms with Crippen molar-refractivity contribution in [2.75, 3.05) is 34.7 Å². The SMILES string of the molecule is COC(=O)[C@@]1(c2ccc(OC)cc2)Oc2cc3c(c(OC)c2C(=O)[C@H](C(=O)N2CCC[C@@H]2NC(=O)C(C)C)[C@H]1c1ccccc1)OCO3. The molecule has 3 aliphatic heterocycles. The van der Waals surface area contributed by atoms with Gasteiger partial charge in [0.05, 0.1) is 27.2 Å². The van der Waals surface area contributed by atoms with Crippen LogP contribution in [0.4, 0.5) is 0 Å². The van der Waals surface area contributed by atoms with Gasteiger partial charge in [-0.2, -0.15) is 0 Å². The number of amides is 2. The Morgan fingerprint density at radius 2 is 1.69 bits per heavy atom. The molecule has 0 unspecified atom stereocenters. The lowest BCUT2D eigenvalue weighted by Gasteiger charge is -2.41. The van der Waals surface area contributed by atoms with Crippen LogP contribution < -0.4 is 29.0 Å². The van der Waals surface area contributed by atoms with Crippen LogP contribution in [-0.2, 0) is 24.7 Å². The molecule has 0 radical (unpaired) electrons. The quantitative estimate of drug-likeness (QED) is 0.277. The van der Waals surface area contributed by atoms with Gasteiger partial charge in [-0.15, -0.1) is 0 Å². The number of rotatable bonds is 8. The normalized spacial score (nSPS) is 22.8. The molecule has 0 bridgehead atoms. The first-order valence-corrected chi connectivity index (χ1v) is 15.8. The van der Waals surface area contributed by atoms with Crippen molar-refractivity contribution in [3.05, 3.63) is 77.4 Å². The fourth-order valence-electron chi connectivity index (χ4n) is 6.82. The van der Waals surface area contributed by atoms with Crippen LogP contribution >= 0.6 is 0 Å². The Morgan fingerprint density at radius 3 is 2.33 bits per heavy atom. The van der Waals surface area contributed by atoms with E-state index < -0.39 is 41.3 Å². The minimum atomic E-state index is -2.10. The Morgan fingerprint density at radius 1 is 0.958 bits per heavy atom. The lowest BCUT2D eigenvalue weighted by molar-refractivity contribution is -0.165. The van der Waals surface area contributed by atoms with Crippen molar-refractivity contribution in [3.63, 3.8) is 0 Å². The second-order valence-corrected chi connectivity index (χ2v) is 12.2. The molecular formula is C36H38N2O10. The van der Waals surface area contributed by atoms with Crippen molar-refractivity contribution in [2.45, 2.75) is 44.4 Å². The van der Waals surface area contributed by atoms with Gasteiger partial charge in [0.25, 0.3) is 0 Å². The van der Waals surface area contributed by atoms with Gasteiger partial charge in [-0.05, 0) is 30.5 Å². The number of fused-ring (bicyclic) bond motifs is 2. The summed E-state index contributed by atoms with van der Waals surface area (Å²) >= 11 is 0. The lowest BCUT2D eigenvalue weighted by Crippen LogP contribution is -2.56. The Labute approximate surface area is 278 Å².